The summed E-state index contributed by atoms with van der Waals surface area (Å²) in [5.74, 6) is -0.708. The van der Waals surface area contributed by atoms with Crippen molar-refractivity contribution in [2.75, 3.05) is 13.6 Å². The van der Waals surface area contributed by atoms with Crippen LogP contribution in [0.15, 0.2) is 18.2 Å². The highest BCUT2D eigenvalue weighted by molar-refractivity contribution is 5.94. The van der Waals surface area contributed by atoms with Crippen LogP contribution in [-0.2, 0) is 0 Å². The molecule has 0 bridgehead atoms. The van der Waals surface area contributed by atoms with Crippen molar-refractivity contribution in [2.45, 2.75) is 12.8 Å². The number of nitro groups is 1. The number of nitrogens with zero attached hydrogens (tertiary/aromatic N) is 2. The molecular formula is C12H13FN2O3. The molecule has 1 saturated carbocycles. The van der Waals surface area contributed by atoms with Gasteiger partial charge in [0.2, 0.25) is 5.82 Å². The summed E-state index contributed by atoms with van der Waals surface area (Å²) in [6.45, 7) is 0.643. The molecule has 18 heavy (non-hydrogen) atoms. The molecule has 2 rings (SSSR count). The monoisotopic (exact) mass is 252 g/mol. The van der Waals surface area contributed by atoms with Gasteiger partial charge in [0.25, 0.3) is 5.91 Å². The average molecular weight is 252 g/mol. The molecule has 0 atom stereocenters. The minimum absolute atomic E-state index is 0.145. The van der Waals surface area contributed by atoms with Gasteiger partial charge in [-0.05, 0) is 30.9 Å². The third-order valence-corrected chi connectivity index (χ3v) is 2.97. The first-order chi connectivity index (χ1) is 8.49. The summed E-state index contributed by atoms with van der Waals surface area (Å²) < 4.78 is 13.1. The maximum absolute atomic E-state index is 13.1. The van der Waals surface area contributed by atoms with Crippen molar-refractivity contribution < 1.29 is 14.1 Å². The molecule has 1 fully saturated rings. The summed E-state index contributed by atoms with van der Waals surface area (Å²) >= 11 is 0. The molecular weight excluding hydrogens is 239 g/mol. The Balaban J connectivity index is 2.18. The zero-order chi connectivity index (χ0) is 13.3. The second-order valence-electron chi connectivity index (χ2n) is 4.55. The highest BCUT2D eigenvalue weighted by atomic mass is 19.1. The predicted molar refractivity (Wildman–Crippen MR) is 62.7 cm³/mol. The van der Waals surface area contributed by atoms with E-state index in [-0.39, 0.29) is 11.5 Å². The van der Waals surface area contributed by atoms with Crippen molar-refractivity contribution in [3.05, 3.63) is 39.7 Å². The van der Waals surface area contributed by atoms with Crippen molar-refractivity contribution in [3.63, 3.8) is 0 Å². The van der Waals surface area contributed by atoms with Gasteiger partial charge in [0.1, 0.15) is 0 Å². The Kier molecular flexibility index (Phi) is 3.27. The topological polar surface area (TPSA) is 63.5 Å². The van der Waals surface area contributed by atoms with Crippen molar-refractivity contribution in [3.8, 4) is 0 Å². The molecule has 0 spiro atoms. The zero-order valence-electron chi connectivity index (χ0n) is 9.93. The Morgan fingerprint density at radius 2 is 2.22 bits per heavy atom. The Morgan fingerprint density at radius 1 is 1.56 bits per heavy atom. The molecule has 96 valence electrons. The van der Waals surface area contributed by atoms with Gasteiger partial charge in [-0.1, -0.05) is 0 Å². The number of carbonyl (C=O) groups excluding carboxylic acids is 1. The Bertz CT molecular complexity index is 500. The first-order valence-corrected chi connectivity index (χ1v) is 5.68. The lowest BCUT2D eigenvalue weighted by Gasteiger charge is -2.16. The van der Waals surface area contributed by atoms with E-state index < -0.39 is 16.4 Å². The predicted octanol–water partition coefficient (Wildman–Crippen LogP) is 2.22. The number of hydrogen-bond donors (Lipinski definition) is 0. The maximum atomic E-state index is 13.1. The fraction of sp³-hybridized carbons (Fsp3) is 0.417. The lowest BCUT2D eigenvalue weighted by molar-refractivity contribution is -0.387. The van der Waals surface area contributed by atoms with Gasteiger partial charge in [0.05, 0.1) is 4.92 Å². The molecule has 1 amide bonds. The first-order valence-electron chi connectivity index (χ1n) is 5.68. The molecule has 5 nitrogen and oxygen atoms in total. The lowest BCUT2D eigenvalue weighted by atomic mass is 10.1. The van der Waals surface area contributed by atoms with Gasteiger partial charge in [-0.25, -0.2) is 0 Å². The van der Waals surface area contributed by atoms with Crippen LogP contribution in [0.25, 0.3) is 0 Å². The number of carbonyl (C=O) groups is 1. The van der Waals surface area contributed by atoms with Crippen LogP contribution in [0.2, 0.25) is 0 Å². The van der Waals surface area contributed by atoms with Crippen LogP contribution in [-0.4, -0.2) is 29.3 Å². The largest absolute Gasteiger partial charge is 0.341 e. The number of rotatable bonds is 4. The first kappa shape index (κ1) is 12.5. The Labute approximate surface area is 103 Å². The van der Waals surface area contributed by atoms with Gasteiger partial charge >= 0.3 is 5.69 Å². The molecule has 1 aromatic rings. The fourth-order valence-corrected chi connectivity index (χ4v) is 1.78. The highest BCUT2D eigenvalue weighted by Gasteiger charge is 2.26. The quantitative estimate of drug-likeness (QED) is 0.609. The van der Waals surface area contributed by atoms with Gasteiger partial charge in [0, 0.05) is 25.2 Å². The summed E-state index contributed by atoms with van der Waals surface area (Å²) in [6, 6.07) is 3.21. The van der Waals surface area contributed by atoms with Crippen molar-refractivity contribution in [1.29, 1.82) is 0 Å². The van der Waals surface area contributed by atoms with E-state index in [1.54, 1.807) is 7.05 Å². The van der Waals surface area contributed by atoms with Gasteiger partial charge in [-0.3, -0.25) is 14.9 Å². The summed E-state index contributed by atoms with van der Waals surface area (Å²) in [5, 5.41) is 10.6. The van der Waals surface area contributed by atoms with Gasteiger partial charge in [-0.2, -0.15) is 4.39 Å². The van der Waals surface area contributed by atoms with E-state index in [1.165, 1.54) is 11.0 Å². The summed E-state index contributed by atoms with van der Waals surface area (Å²) in [4.78, 5) is 23.3. The van der Waals surface area contributed by atoms with Gasteiger partial charge < -0.3 is 4.90 Å². The molecule has 0 radical (unpaired) electrons. The van der Waals surface area contributed by atoms with Crippen LogP contribution < -0.4 is 0 Å². The van der Waals surface area contributed by atoms with Crippen LogP contribution in [0.3, 0.4) is 0 Å². The van der Waals surface area contributed by atoms with E-state index in [0.717, 1.165) is 25.0 Å². The molecule has 1 aliphatic carbocycles. The SMILES string of the molecule is CN(CC1CC1)C(=O)c1ccc(F)c([N+](=O)[O-])c1. The van der Waals surface area contributed by atoms with Crippen LogP contribution >= 0.6 is 0 Å². The van der Waals surface area contributed by atoms with E-state index >= 15 is 0 Å². The zero-order valence-corrected chi connectivity index (χ0v) is 9.93. The molecule has 0 heterocycles. The molecule has 1 aliphatic rings. The number of nitro benzene ring substituents is 1. The van der Waals surface area contributed by atoms with E-state index in [9.17, 15) is 19.3 Å². The van der Waals surface area contributed by atoms with Crippen LogP contribution in [0, 0.1) is 21.8 Å². The smallest absolute Gasteiger partial charge is 0.305 e. The molecule has 0 N–H and O–H groups in total. The number of halogens is 1. The average Bonchev–Trinajstić information content (AvgIpc) is 3.12. The second kappa shape index (κ2) is 4.72. The number of amides is 1. The van der Waals surface area contributed by atoms with Gasteiger partial charge in [-0.15, -0.1) is 0 Å². The van der Waals surface area contributed by atoms with E-state index in [2.05, 4.69) is 0 Å². The number of hydrogen-bond acceptors (Lipinski definition) is 3. The molecule has 0 aromatic heterocycles. The van der Waals surface area contributed by atoms with E-state index in [0.29, 0.717) is 12.5 Å². The van der Waals surface area contributed by atoms with Gasteiger partial charge in [0.15, 0.2) is 0 Å². The Hall–Kier alpha value is -1.98. The third-order valence-electron chi connectivity index (χ3n) is 2.97. The molecule has 0 saturated heterocycles. The Morgan fingerprint density at radius 3 is 2.78 bits per heavy atom. The van der Waals surface area contributed by atoms with Crippen LogP contribution in [0.5, 0.6) is 0 Å². The van der Waals surface area contributed by atoms with Crippen LogP contribution in [0.4, 0.5) is 10.1 Å². The summed E-state index contributed by atoms with van der Waals surface area (Å²) in [6.07, 6.45) is 2.22. The molecule has 0 unspecified atom stereocenters. The van der Waals surface area contributed by atoms with E-state index in [4.69, 9.17) is 0 Å². The lowest BCUT2D eigenvalue weighted by Crippen LogP contribution is -2.28. The van der Waals surface area contributed by atoms with E-state index in [1.807, 2.05) is 0 Å². The number of benzene rings is 1. The molecule has 6 heteroatoms. The van der Waals surface area contributed by atoms with Crippen LogP contribution in [0.1, 0.15) is 23.2 Å². The second-order valence-corrected chi connectivity index (χ2v) is 4.55. The minimum Gasteiger partial charge on any atom is -0.341 e. The molecule has 0 aliphatic heterocycles. The summed E-state index contributed by atoms with van der Waals surface area (Å²) in [7, 11) is 1.65. The van der Waals surface area contributed by atoms with Crippen molar-refractivity contribution >= 4 is 11.6 Å². The van der Waals surface area contributed by atoms with Crippen molar-refractivity contribution in [1.82, 2.24) is 4.90 Å². The summed E-state index contributed by atoms with van der Waals surface area (Å²) in [5.41, 5.74) is -0.521. The fourth-order valence-electron chi connectivity index (χ4n) is 1.78. The maximum Gasteiger partial charge on any atom is 0.305 e. The van der Waals surface area contributed by atoms with Crippen molar-refractivity contribution in [2.24, 2.45) is 5.92 Å². The normalized spacial score (nSPS) is 14.3. The highest BCUT2D eigenvalue weighted by Crippen LogP contribution is 2.30. The molecule has 1 aromatic carbocycles. The standard InChI is InChI=1S/C12H13FN2O3/c1-14(7-8-2-3-8)12(16)9-4-5-10(13)11(6-9)15(17)18/h4-6,8H,2-3,7H2,1H3. The third kappa shape index (κ3) is 2.64. The minimum atomic E-state index is -0.929.